The van der Waals surface area contributed by atoms with Gasteiger partial charge in [-0.3, -0.25) is 4.99 Å². The third-order valence-electron chi connectivity index (χ3n) is 2.68. The van der Waals surface area contributed by atoms with Crippen LogP contribution in [0.25, 0.3) is 0 Å². The number of guanidine groups is 1. The average Bonchev–Trinajstić information content (AvgIpc) is 2.36. The van der Waals surface area contributed by atoms with Crippen molar-refractivity contribution in [3.63, 3.8) is 0 Å². The molecule has 5 heteroatoms. The molecule has 0 spiro atoms. The van der Waals surface area contributed by atoms with Crippen molar-refractivity contribution in [1.82, 2.24) is 0 Å². The number of ether oxygens (including phenoxy) is 1. The zero-order valence-electron chi connectivity index (χ0n) is 12.6. The minimum atomic E-state index is 0. The number of nitrogens with one attached hydrogen (secondary N) is 1. The maximum atomic E-state index is 5.79. The Morgan fingerprint density at radius 3 is 2.50 bits per heavy atom. The second-order valence-corrected chi connectivity index (χ2v) is 5.05. The summed E-state index contributed by atoms with van der Waals surface area (Å²) in [6.07, 6.45) is 1.08. The molecular weight excluding hydrogens is 365 g/mol. The lowest BCUT2D eigenvalue weighted by Crippen LogP contribution is -2.23. The topological polar surface area (TPSA) is 59.6 Å². The number of nitrogens with two attached hydrogens (primary N) is 1. The van der Waals surface area contributed by atoms with Crippen molar-refractivity contribution in [2.75, 3.05) is 25.1 Å². The number of aryl methyl sites for hydroxylation is 1. The maximum absolute atomic E-state index is 5.79. The predicted molar refractivity (Wildman–Crippen MR) is 97.0 cm³/mol. The average molecular weight is 391 g/mol. The molecule has 3 N–H and O–H groups in total. The lowest BCUT2D eigenvalue weighted by atomic mass is 10.1. The number of aliphatic imine (C=N–C) groups is 1. The van der Waals surface area contributed by atoms with Crippen LogP contribution in [0.4, 0.5) is 5.69 Å². The summed E-state index contributed by atoms with van der Waals surface area (Å²) < 4.78 is 5.47. The molecule has 0 bridgehead atoms. The molecule has 0 heterocycles. The molecule has 1 rings (SSSR count). The quantitative estimate of drug-likeness (QED) is 0.324. The Balaban J connectivity index is 0.00000361. The highest BCUT2D eigenvalue weighted by atomic mass is 127. The lowest BCUT2D eigenvalue weighted by molar-refractivity contribution is 0.131. The number of anilines is 1. The molecule has 0 aromatic heterocycles. The minimum Gasteiger partial charge on any atom is -0.380 e. The second-order valence-electron chi connectivity index (χ2n) is 5.05. The molecular formula is C15H26IN3O. The number of rotatable bonds is 7. The predicted octanol–water partition coefficient (Wildman–Crippen LogP) is 3.40. The first-order valence-electron chi connectivity index (χ1n) is 6.79. The van der Waals surface area contributed by atoms with E-state index in [0.717, 1.165) is 18.7 Å². The molecule has 0 unspecified atom stereocenters. The van der Waals surface area contributed by atoms with E-state index >= 15 is 0 Å². The first-order valence-corrected chi connectivity index (χ1v) is 6.79. The van der Waals surface area contributed by atoms with Gasteiger partial charge in [-0.05, 0) is 31.4 Å². The molecule has 0 saturated heterocycles. The van der Waals surface area contributed by atoms with Gasteiger partial charge in [-0.25, -0.2) is 0 Å². The number of nitrogens with zero attached hydrogens (tertiary/aromatic N) is 1. The fraction of sp³-hybridized carbons (Fsp3) is 0.533. The first-order chi connectivity index (χ1) is 9.08. The summed E-state index contributed by atoms with van der Waals surface area (Å²) in [4.78, 5) is 4.22. The van der Waals surface area contributed by atoms with Crippen LogP contribution < -0.4 is 11.1 Å². The van der Waals surface area contributed by atoms with Crippen LogP contribution in [0.3, 0.4) is 0 Å². The normalized spacial score (nSPS) is 11.3. The van der Waals surface area contributed by atoms with E-state index in [0.29, 0.717) is 25.0 Å². The van der Waals surface area contributed by atoms with Crippen molar-refractivity contribution in [3.05, 3.63) is 29.8 Å². The Bertz CT molecular complexity index is 391. The van der Waals surface area contributed by atoms with Crippen LogP contribution in [0.5, 0.6) is 0 Å². The van der Waals surface area contributed by atoms with E-state index in [-0.39, 0.29) is 24.0 Å². The molecule has 0 radical (unpaired) electrons. The van der Waals surface area contributed by atoms with Gasteiger partial charge in [0.1, 0.15) is 0 Å². The Kier molecular flexibility index (Phi) is 10.5. The van der Waals surface area contributed by atoms with E-state index in [4.69, 9.17) is 10.5 Å². The molecule has 0 atom stereocenters. The van der Waals surface area contributed by atoms with Gasteiger partial charge in [-0.2, -0.15) is 0 Å². The molecule has 4 nitrogen and oxygen atoms in total. The van der Waals surface area contributed by atoms with Crippen LogP contribution in [-0.4, -0.2) is 25.7 Å². The molecule has 1 aromatic carbocycles. The molecule has 1 aromatic rings. The molecule has 114 valence electrons. The van der Waals surface area contributed by atoms with Gasteiger partial charge >= 0.3 is 0 Å². The third-order valence-corrected chi connectivity index (χ3v) is 2.68. The summed E-state index contributed by atoms with van der Waals surface area (Å²) in [5, 5.41) is 3.05. The highest BCUT2D eigenvalue weighted by Gasteiger charge is 1.96. The Morgan fingerprint density at radius 1 is 1.25 bits per heavy atom. The van der Waals surface area contributed by atoms with E-state index in [9.17, 15) is 0 Å². The molecule has 0 amide bonds. The fourth-order valence-electron chi connectivity index (χ4n) is 1.48. The highest BCUT2D eigenvalue weighted by molar-refractivity contribution is 14.0. The van der Waals surface area contributed by atoms with Crippen molar-refractivity contribution >= 4 is 35.6 Å². The van der Waals surface area contributed by atoms with Crippen LogP contribution in [0.15, 0.2) is 29.3 Å². The summed E-state index contributed by atoms with van der Waals surface area (Å²) in [5.74, 6) is 1.10. The minimum absolute atomic E-state index is 0. The van der Waals surface area contributed by atoms with Gasteiger partial charge in [0, 0.05) is 12.3 Å². The van der Waals surface area contributed by atoms with Gasteiger partial charge in [0.25, 0.3) is 0 Å². The smallest absolute Gasteiger partial charge is 0.193 e. The van der Waals surface area contributed by atoms with Crippen molar-refractivity contribution in [3.8, 4) is 0 Å². The van der Waals surface area contributed by atoms with Crippen molar-refractivity contribution in [1.29, 1.82) is 0 Å². The van der Waals surface area contributed by atoms with Gasteiger partial charge in [-0.1, -0.05) is 31.5 Å². The summed E-state index contributed by atoms with van der Waals surface area (Å²) in [6, 6.07) is 8.03. The number of halogens is 1. The summed E-state index contributed by atoms with van der Waals surface area (Å²) in [7, 11) is 0. The first kappa shape index (κ1) is 19.2. The monoisotopic (exact) mass is 391 g/mol. The third kappa shape index (κ3) is 9.14. The molecule has 0 aliphatic carbocycles. The Labute approximate surface area is 139 Å². The van der Waals surface area contributed by atoms with Crippen LogP contribution in [0, 0.1) is 12.8 Å². The number of hydrogen-bond acceptors (Lipinski definition) is 2. The molecule has 0 aliphatic rings. The van der Waals surface area contributed by atoms with E-state index < -0.39 is 0 Å². The van der Waals surface area contributed by atoms with Gasteiger partial charge < -0.3 is 15.8 Å². The van der Waals surface area contributed by atoms with Gasteiger partial charge in [0.15, 0.2) is 5.96 Å². The number of hydrogen-bond donors (Lipinski definition) is 2. The standard InChI is InChI=1S/C15H25N3O.HI/c1-12(2)8-10-19-11-9-17-15(16)18-14-6-4-13(3)5-7-14;/h4-7,12H,8-11H2,1-3H3,(H3,16,17,18);1H. The number of benzene rings is 1. The van der Waals surface area contributed by atoms with Crippen LogP contribution in [0.1, 0.15) is 25.8 Å². The van der Waals surface area contributed by atoms with Crippen LogP contribution in [0.2, 0.25) is 0 Å². The maximum Gasteiger partial charge on any atom is 0.193 e. The van der Waals surface area contributed by atoms with E-state index in [2.05, 4.69) is 31.1 Å². The zero-order valence-corrected chi connectivity index (χ0v) is 14.9. The van der Waals surface area contributed by atoms with E-state index in [1.807, 2.05) is 24.3 Å². The molecule has 0 fully saturated rings. The van der Waals surface area contributed by atoms with Crippen molar-refractivity contribution in [2.24, 2.45) is 16.6 Å². The van der Waals surface area contributed by atoms with Crippen LogP contribution in [-0.2, 0) is 4.74 Å². The molecule has 0 saturated carbocycles. The zero-order chi connectivity index (χ0) is 14.1. The largest absolute Gasteiger partial charge is 0.380 e. The second kappa shape index (κ2) is 10.9. The Morgan fingerprint density at radius 2 is 1.90 bits per heavy atom. The van der Waals surface area contributed by atoms with E-state index in [1.165, 1.54) is 5.56 Å². The molecule has 0 aliphatic heterocycles. The summed E-state index contributed by atoms with van der Waals surface area (Å²) in [5.41, 5.74) is 7.96. The fourth-order valence-corrected chi connectivity index (χ4v) is 1.48. The Hall–Kier alpha value is -0.820. The highest BCUT2D eigenvalue weighted by Crippen LogP contribution is 2.07. The SMILES string of the molecule is Cc1ccc(NC(N)=NCCOCCC(C)C)cc1.I. The molecule has 20 heavy (non-hydrogen) atoms. The van der Waals surface area contributed by atoms with Gasteiger partial charge in [0.05, 0.1) is 13.2 Å². The summed E-state index contributed by atoms with van der Waals surface area (Å²) in [6.45, 7) is 8.41. The van der Waals surface area contributed by atoms with Gasteiger partial charge in [0.2, 0.25) is 0 Å². The van der Waals surface area contributed by atoms with Gasteiger partial charge in [-0.15, -0.1) is 24.0 Å². The van der Waals surface area contributed by atoms with Crippen molar-refractivity contribution in [2.45, 2.75) is 27.2 Å². The van der Waals surface area contributed by atoms with E-state index in [1.54, 1.807) is 0 Å². The lowest BCUT2D eigenvalue weighted by Gasteiger charge is -2.07. The van der Waals surface area contributed by atoms with Crippen molar-refractivity contribution < 1.29 is 4.74 Å². The van der Waals surface area contributed by atoms with Crippen LogP contribution >= 0.6 is 24.0 Å². The summed E-state index contributed by atoms with van der Waals surface area (Å²) >= 11 is 0.